The van der Waals surface area contributed by atoms with Crippen LogP contribution in [0.2, 0.25) is 0 Å². The molecule has 0 spiro atoms. The number of carbonyl (C=O) groups excluding carboxylic acids is 2. The highest BCUT2D eigenvalue weighted by Crippen LogP contribution is 2.29. The number of rotatable bonds is 4. The van der Waals surface area contributed by atoms with E-state index in [0.29, 0.717) is 25.4 Å². The second kappa shape index (κ2) is 6.60. The Morgan fingerprint density at radius 1 is 1.48 bits per heavy atom. The Morgan fingerprint density at radius 3 is 2.81 bits per heavy atom. The summed E-state index contributed by atoms with van der Waals surface area (Å²) in [5, 5.41) is 2.92. The highest BCUT2D eigenvalue weighted by Gasteiger charge is 2.35. The van der Waals surface area contributed by atoms with Crippen molar-refractivity contribution < 1.29 is 9.59 Å². The van der Waals surface area contributed by atoms with E-state index in [1.54, 1.807) is 4.90 Å². The van der Waals surface area contributed by atoms with Crippen molar-refractivity contribution in [3.63, 3.8) is 0 Å². The molecule has 2 rings (SSSR count). The van der Waals surface area contributed by atoms with Crippen molar-refractivity contribution in [3.8, 4) is 0 Å². The standard InChI is InChI=1S/C16H21BrN2O2/c1-10(2)8-18-16(21)12-7-15(20)19(9-12)14-5-4-13(17)6-11(14)3/h4-6,10,12H,7-9H2,1-3H3,(H,18,21). The van der Waals surface area contributed by atoms with Crippen LogP contribution in [0.3, 0.4) is 0 Å². The summed E-state index contributed by atoms with van der Waals surface area (Å²) < 4.78 is 0.988. The fraction of sp³-hybridized carbons (Fsp3) is 0.500. The summed E-state index contributed by atoms with van der Waals surface area (Å²) >= 11 is 3.42. The molecule has 114 valence electrons. The molecule has 1 aromatic rings. The third-order valence-electron chi connectivity index (χ3n) is 3.63. The zero-order valence-corrected chi connectivity index (χ0v) is 14.2. The van der Waals surface area contributed by atoms with Gasteiger partial charge in [-0.1, -0.05) is 29.8 Å². The van der Waals surface area contributed by atoms with E-state index in [4.69, 9.17) is 0 Å². The summed E-state index contributed by atoms with van der Waals surface area (Å²) in [7, 11) is 0. The van der Waals surface area contributed by atoms with Gasteiger partial charge in [-0.05, 0) is 36.6 Å². The van der Waals surface area contributed by atoms with Crippen LogP contribution in [0.25, 0.3) is 0 Å². The number of nitrogens with zero attached hydrogens (tertiary/aromatic N) is 1. The van der Waals surface area contributed by atoms with Crippen molar-refractivity contribution in [2.24, 2.45) is 11.8 Å². The zero-order valence-electron chi connectivity index (χ0n) is 12.6. The smallest absolute Gasteiger partial charge is 0.227 e. The first-order valence-electron chi connectivity index (χ1n) is 7.22. The summed E-state index contributed by atoms with van der Waals surface area (Å²) in [6.07, 6.45) is 0.291. The van der Waals surface area contributed by atoms with Gasteiger partial charge in [0.15, 0.2) is 0 Å². The van der Waals surface area contributed by atoms with Crippen LogP contribution in [0.1, 0.15) is 25.8 Å². The molecule has 5 heteroatoms. The maximum atomic E-state index is 12.2. The van der Waals surface area contributed by atoms with E-state index < -0.39 is 0 Å². The number of anilines is 1. The van der Waals surface area contributed by atoms with Gasteiger partial charge in [0.2, 0.25) is 11.8 Å². The molecule has 1 aliphatic heterocycles. The maximum absolute atomic E-state index is 12.2. The van der Waals surface area contributed by atoms with E-state index in [0.717, 1.165) is 15.7 Å². The normalized spacial score (nSPS) is 18.4. The molecule has 1 atom stereocenters. The van der Waals surface area contributed by atoms with Gasteiger partial charge in [-0.3, -0.25) is 9.59 Å². The van der Waals surface area contributed by atoms with Crippen LogP contribution in [-0.4, -0.2) is 24.9 Å². The highest BCUT2D eigenvalue weighted by atomic mass is 79.9. The van der Waals surface area contributed by atoms with Gasteiger partial charge in [0.05, 0.1) is 5.92 Å². The van der Waals surface area contributed by atoms with Gasteiger partial charge in [-0.2, -0.15) is 0 Å². The van der Waals surface area contributed by atoms with E-state index in [9.17, 15) is 9.59 Å². The first kappa shape index (κ1) is 16.0. The van der Waals surface area contributed by atoms with Crippen molar-refractivity contribution in [2.75, 3.05) is 18.0 Å². The molecule has 0 radical (unpaired) electrons. The molecule has 1 aliphatic rings. The van der Waals surface area contributed by atoms with Crippen LogP contribution in [0.15, 0.2) is 22.7 Å². The fourth-order valence-electron chi connectivity index (χ4n) is 2.49. The maximum Gasteiger partial charge on any atom is 0.227 e. The van der Waals surface area contributed by atoms with Crippen molar-refractivity contribution in [1.29, 1.82) is 0 Å². The van der Waals surface area contributed by atoms with Crippen molar-refractivity contribution in [3.05, 3.63) is 28.2 Å². The van der Waals surface area contributed by atoms with Crippen LogP contribution in [0.5, 0.6) is 0 Å². The third-order valence-corrected chi connectivity index (χ3v) is 4.12. The third kappa shape index (κ3) is 3.84. The predicted octanol–water partition coefficient (Wildman–Crippen LogP) is 2.88. The second-order valence-electron chi connectivity index (χ2n) is 5.98. The van der Waals surface area contributed by atoms with Crippen LogP contribution in [0.4, 0.5) is 5.69 Å². The van der Waals surface area contributed by atoms with Gasteiger partial charge in [0, 0.05) is 29.7 Å². The van der Waals surface area contributed by atoms with Crippen LogP contribution in [-0.2, 0) is 9.59 Å². The van der Waals surface area contributed by atoms with E-state index in [1.165, 1.54) is 0 Å². The number of hydrogen-bond acceptors (Lipinski definition) is 2. The molecular formula is C16H21BrN2O2. The number of hydrogen-bond donors (Lipinski definition) is 1. The van der Waals surface area contributed by atoms with Gasteiger partial charge < -0.3 is 10.2 Å². The fourth-order valence-corrected chi connectivity index (χ4v) is 2.96. The van der Waals surface area contributed by atoms with Crippen molar-refractivity contribution in [2.45, 2.75) is 27.2 Å². The number of benzene rings is 1. The molecule has 0 saturated carbocycles. The first-order chi connectivity index (χ1) is 9.88. The van der Waals surface area contributed by atoms with E-state index in [1.807, 2.05) is 25.1 Å². The Hall–Kier alpha value is -1.36. The van der Waals surface area contributed by atoms with Crippen LogP contribution >= 0.6 is 15.9 Å². The minimum atomic E-state index is -0.251. The van der Waals surface area contributed by atoms with Crippen molar-refractivity contribution >= 4 is 33.4 Å². The Labute approximate surface area is 134 Å². The van der Waals surface area contributed by atoms with E-state index in [-0.39, 0.29) is 17.7 Å². The number of halogens is 1. The summed E-state index contributed by atoms with van der Waals surface area (Å²) in [4.78, 5) is 26.0. The van der Waals surface area contributed by atoms with Crippen LogP contribution < -0.4 is 10.2 Å². The van der Waals surface area contributed by atoms with Gasteiger partial charge in [0.25, 0.3) is 0 Å². The number of nitrogens with one attached hydrogen (secondary N) is 1. The molecule has 4 nitrogen and oxygen atoms in total. The minimum Gasteiger partial charge on any atom is -0.356 e. The van der Waals surface area contributed by atoms with E-state index >= 15 is 0 Å². The van der Waals surface area contributed by atoms with Crippen LogP contribution in [0, 0.1) is 18.8 Å². The number of amides is 2. The number of carbonyl (C=O) groups is 2. The molecule has 1 aromatic carbocycles. The Kier molecular flexibility index (Phi) is 5.04. The molecule has 1 heterocycles. The molecule has 2 amide bonds. The van der Waals surface area contributed by atoms with E-state index in [2.05, 4.69) is 35.1 Å². The average Bonchev–Trinajstić information content (AvgIpc) is 2.78. The van der Waals surface area contributed by atoms with Gasteiger partial charge in [-0.15, -0.1) is 0 Å². The molecule has 0 bridgehead atoms. The highest BCUT2D eigenvalue weighted by molar-refractivity contribution is 9.10. The monoisotopic (exact) mass is 352 g/mol. The lowest BCUT2D eigenvalue weighted by Gasteiger charge is -2.19. The lowest BCUT2D eigenvalue weighted by molar-refractivity contribution is -0.126. The Bertz CT molecular complexity index is 557. The molecular weight excluding hydrogens is 332 g/mol. The Morgan fingerprint density at radius 2 is 2.19 bits per heavy atom. The number of aryl methyl sites for hydroxylation is 1. The summed E-state index contributed by atoms with van der Waals surface area (Å²) in [6, 6.07) is 5.82. The Balaban J connectivity index is 2.07. The lowest BCUT2D eigenvalue weighted by Crippen LogP contribution is -2.35. The summed E-state index contributed by atoms with van der Waals surface area (Å²) in [6.45, 7) is 7.20. The average molecular weight is 353 g/mol. The van der Waals surface area contributed by atoms with Gasteiger partial charge in [0.1, 0.15) is 0 Å². The quantitative estimate of drug-likeness (QED) is 0.905. The van der Waals surface area contributed by atoms with Crippen molar-refractivity contribution in [1.82, 2.24) is 5.32 Å². The molecule has 1 unspecified atom stereocenters. The minimum absolute atomic E-state index is 0.0186. The predicted molar refractivity (Wildman–Crippen MR) is 87.2 cm³/mol. The zero-order chi connectivity index (χ0) is 15.6. The molecule has 1 fully saturated rings. The van der Waals surface area contributed by atoms with Gasteiger partial charge in [-0.25, -0.2) is 0 Å². The lowest BCUT2D eigenvalue weighted by atomic mass is 10.1. The molecule has 0 aromatic heterocycles. The molecule has 1 N–H and O–H groups in total. The SMILES string of the molecule is Cc1cc(Br)ccc1N1CC(C(=O)NCC(C)C)CC1=O. The largest absolute Gasteiger partial charge is 0.356 e. The molecule has 0 aliphatic carbocycles. The molecule has 21 heavy (non-hydrogen) atoms. The topological polar surface area (TPSA) is 49.4 Å². The summed E-state index contributed by atoms with van der Waals surface area (Å²) in [5.74, 6) is 0.162. The molecule has 1 saturated heterocycles. The summed E-state index contributed by atoms with van der Waals surface area (Å²) in [5.41, 5.74) is 1.92. The van der Waals surface area contributed by atoms with Gasteiger partial charge >= 0.3 is 0 Å². The second-order valence-corrected chi connectivity index (χ2v) is 6.89. The first-order valence-corrected chi connectivity index (χ1v) is 8.02.